The number of aromatic amines is 1. The number of nitrogens with one attached hydrogen (secondary N) is 1. The Morgan fingerprint density at radius 2 is 2.19 bits per heavy atom. The van der Waals surface area contributed by atoms with Crippen LogP contribution in [0.2, 0.25) is 0 Å². The van der Waals surface area contributed by atoms with Gasteiger partial charge in [-0.2, -0.15) is 0 Å². The minimum Gasteiger partial charge on any atom is -0.462 e. The molecule has 3 rings (SSSR count). The van der Waals surface area contributed by atoms with Crippen molar-refractivity contribution in [3.63, 3.8) is 0 Å². The van der Waals surface area contributed by atoms with Crippen LogP contribution in [-0.4, -0.2) is 27.5 Å². The first kappa shape index (κ1) is 13.5. The van der Waals surface area contributed by atoms with Gasteiger partial charge in [0, 0.05) is 5.39 Å². The van der Waals surface area contributed by atoms with Gasteiger partial charge < -0.3 is 9.72 Å². The molecule has 0 aliphatic heterocycles. The molecule has 5 heteroatoms. The summed E-state index contributed by atoms with van der Waals surface area (Å²) in [6, 6.07) is 5.39. The van der Waals surface area contributed by atoms with Crippen molar-refractivity contribution in [3.05, 3.63) is 36.3 Å². The summed E-state index contributed by atoms with van der Waals surface area (Å²) in [5, 5.41) is 0.927. The fourth-order valence-electron chi connectivity index (χ4n) is 2.32. The third kappa shape index (κ3) is 2.72. The van der Waals surface area contributed by atoms with Crippen molar-refractivity contribution in [1.29, 1.82) is 0 Å². The molecule has 0 bridgehead atoms. The van der Waals surface area contributed by atoms with Crippen LogP contribution in [0.1, 0.15) is 36.5 Å². The van der Waals surface area contributed by atoms with E-state index in [9.17, 15) is 4.79 Å². The maximum absolute atomic E-state index is 12.0. The lowest BCUT2D eigenvalue weighted by atomic mass is 10.1. The van der Waals surface area contributed by atoms with Crippen molar-refractivity contribution in [3.8, 4) is 0 Å². The molecule has 2 aromatic heterocycles. The number of nitrogens with zero attached hydrogens (tertiary/aromatic N) is 2. The lowest BCUT2D eigenvalue weighted by Gasteiger charge is -2.05. The van der Waals surface area contributed by atoms with E-state index in [0.717, 1.165) is 41.2 Å². The van der Waals surface area contributed by atoms with E-state index in [4.69, 9.17) is 4.74 Å². The molecule has 1 N–H and O–H groups in total. The smallest absolute Gasteiger partial charge is 0.338 e. The zero-order valence-corrected chi connectivity index (χ0v) is 11.9. The van der Waals surface area contributed by atoms with Crippen LogP contribution >= 0.6 is 0 Å². The van der Waals surface area contributed by atoms with E-state index in [1.807, 2.05) is 6.07 Å². The number of unbranched alkanes of at least 4 members (excludes halogenated alkanes) is 2. The summed E-state index contributed by atoms with van der Waals surface area (Å²) in [5.41, 5.74) is 3.03. The van der Waals surface area contributed by atoms with E-state index in [-0.39, 0.29) is 5.97 Å². The van der Waals surface area contributed by atoms with Gasteiger partial charge in [-0.1, -0.05) is 19.8 Å². The third-order valence-corrected chi connectivity index (χ3v) is 3.47. The van der Waals surface area contributed by atoms with Gasteiger partial charge in [0.2, 0.25) is 0 Å². The van der Waals surface area contributed by atoms with E-state index >= 15 is 0 Å². The highest BCUT2D eigenvalue weighted by Gasteiger charge is 2.10. The van der Waals surface area contributed by atoms with Crippen molar-refractivity contribution in [1.82, 2.24) is 15.0 Å². The first-order valence-corrected chi connectivity index (χ1v) is 7.18. The molecule has 1 aromatic carbocycles. The highest BCUT2D eigenvalue weighted by Crippen LogP contribution is 2.21. The fraction of sp³-hybridized carbons (Fsp3) is 0.312. The molecule has 3 aromatic rings. The Morgan fingerprint density at radius 3 is 3.05 bits per heavy atom. The highest BCUT2D eigenvalue weighted by atomic mass is 16.5. The second-order valence-corrected chi connectivity index (χ2v) is 5.00. The van der Waals surface area contributed by atoms with E-state index in [0.29, 0.717) is 12.2 Å². The summed E-state index contributed by atoms with van der Waals surface area (Å²) >= 11 is 0. The number of ether oxygens (including phenoxy) is 1. The fourth-order valence-corrected chi connectivity index (χ4v) is 2.32. The lowest BCUT2D eigenvalue weighted by molar-refractivity contribution is 0.0498. The minimum absolute atomic E-state index is 0.295. The Kier molecular flexibility index (Phi) is 3.81. The predicted octanol–water partition coefficient (Wildman–Crippen LogP) is 3.46. The van der Waals surface area contributed by atoms with Crippen LogP contribution in [0.5, 0.6) is 0 Å². The molecule has 2 heterocycles. The molecule has 0 saturated carbocycles. The van der Waals surface area contributed by atoms with E-state index in [1.54, 1.807) is 24.7 Å². The van der Waals surface area contributed by atoms with Crippen LogP contribution in [0.3, 0.4) is 0 Å². The molecule has 0 unspecified atom stereocenters. The number of fused-ring (bicyclic) bond motifs is 3. The first-order chi connectivity index (χ1) is 10.3. The lowest BCUT2D eigenvalue weighted by Crippen LogP contribution is -2.06. The quantitative estimate of drug-likeness (QED) is 0.575. The molecule has 0 saturated heterocycles. The number of carbonyl (C=O) groups excluding carboxylic acids is 1. The van der Waals surface area contributed by atoms with Gasteiger partial charge in [-0.25, -0.2) is 9.78 Å². The first-order valence-electron chi connectivity index (χ1n) is 7.18. The van der Waals surface area contributed by atoms with Crippen LogP contribution in [-0.2, 0) is 4.74 Å². The third-order valence-electron chi connectivity index (χ3n) is 3.47. The van der Waals surface area contributed by atoms with Gasteiger partial charge in [-0.3, -0.25) is 4.98 Å². The number of hydrogen-bond donors (Lipinski definition) is 1. The van der Waals surface area contributed by atoms with E-state index < -0.39 is 0 Å². The van der Waals surface area contributed by atoms with Crippen molar-refractivity contribution in [2.24, 2.45) is 0 Å². The van der Waals surface area contributed by atoms with E-state index in [2.05, 4.69) is 21.9 Å². The van der Waals surface area contributed by atoms with Gasteiger partial charge in [0.15, 0.2) is 0 Å². The van der Waals surface area contributed by atoms with Gasteiger partial charge in [0.25, 0.3) is 0 Å². The summed E-state index contributed by atoms with van der Waals surface area (Å²) in [5.74, 6) is -0.295. The highest BCUT2D eigenvalue weighted by molar-refractivity contribution is 6.04. The summed E-state index contributed by atoms with van der Waals surface area (Å²) < 4.78 is 5.26. The van der Waals surface area contributed by atoms with Gasteiger partial charge in [0.1, 0.15) is 0 Å². The van der Waals surface area contributed by atoms with Crippen LogP contribution in [0, 0.1) is 0 Å². The number of H-pyrrole nitrogens is 1. The minimum atomic E-state index is -0.295. The van der Waals surface area contributed by atoms with Crippen molar-refractivity contribution in [2.45, 2.75) is 26.2 Å². The number of imidazole rings is 1. The average Bonchev–Trinajstić information content (AvgIpc) is 2.99. The number of carbonyl (C=O) groups is 1. The normalized spacial score (nSPS) is 11.1. The van der Waals surface area contributed by atoms with Crippen LogP contribution in [0.25, 0.3) is 21.9 Å². The largest absolute Gasteiger partial charge is 0.462 e. The van der Waals surface area contributed by atoms with E-state index in [1.165, 1.54) is 0 Å². The molecule has 0 amide bonds. The predicted molar refractivity (Wildman–Crippen MR) is 81.2 cm³/mol. The van der Waals surface area contributed by atoms with Crippen molar-refractivity contribution in [2.75, 3.05) is 6.61 Å². The number of rotatable bonds is 5. The zero-order valence-electron chi connectivity index (χ0n) is 11.9. The summed E-state index contributed by atoms with van der Waals surface area (Å²) in [6.07, 6.45) is 6.45. The molecular weight excluding hydrogens is 266 g/mol. The maximum atomic E-state index is 12.0. The number of esters is 1. The monoisotopic (exact) mass is 283 g/mol. The summed E-state index contributed by atoms with van der Waals surface area (Å²) in [7, 11) is 0. The van der Waals surface area contributed by atoms with Crippen LogP contribution in [0.15, 0.2) is 30.7 Å². The van der Waals surface area contributed by atoms with Crippen molar-refractivity contribution >= 4 is 27.9 Å². The van der Waals surface area contributed by atoms with Crippen molar-refractivity contribution < 1.29 is 9.53 Å². The SMILES string of the molecule is CCCCCOC(=O)c1ccc2c(c1)ncc1[nH]cnc12. The van der Waals surface area contributed by atoms with Crippen LogP contribution in [0.4, 0.5) is 0 Å². The zero-order chi connectivity index (χ0) is 14.7. The molecule has 0 radical (unpaired) electrons. The Morgan fingerprint density at radius 1 is 1.29 bits per heavy atom. The van der Waals surface area contributed by atoms with Gasteiger partial charge >= 0.3 is 5.97 Å². The van der Waals surface area contributed by atoms with Gasteiger partial charge in [-0.15, -0.1) is 0 Å². The van der Waals surface area contributed by atoms with Crippen LogP contribution < -0.4 is 0 Å². The second-order valence-electron chi connectivity index (χ2n) is 5.00. The Bertz CT molecular complexity index is 779. The molecule has 0 aliphatic carbocycles. The molecule has 0 atom stereocenters. The number of aromatic nitrogens is 3. The summed E-state index contributed by atoms with van der Waals surface area (Å²) in [4.78, 5) is 23.7. The molecule has 108 valence electrons. The maximum Gasteiger partial charge on any atom is 0.338 e. The molecule has 0 spiro atoms. The van der Waals surface area contributed by atoms with Gasteiger partial charge in [-0.05, 0) is 24.6 Å². The molecule has 21 heavy (non-hydrogen) atoms. The molecule has 5 nitrogen and oxygen atoms in total. The molecular formula is C16H17N3O2. The number of pyridine rings is 1. The Labute approximate surface area is 122 Å². The Hall–Kier alpha value is -2.43. The van der Waals surface area contributed by atoms with Gasteiger partial charge in [0.05, 0.1) is 41.2 Å². The average molecular weight is 283 g/mol. The standard InChI is InChI=1S/C16H17N3O2/c1-2-3-4-7-21-16(20)11-5-6-12-13(8-11)17-9-14-15(12)19-10-18-14/h5-6,8-10H,2-4,7H2,1H3,(H,18,19). The summed E-state index contributed by atoms with van der Waals surface area (Å²) in [6.45, 7) is 2.59. The topological polar surface area (TPSA) is 67.9 Å². The Balaban J connectivity index is 1.83. The number of hydrogen-bond acceptors (Lipinski definition) is 4. The number of benzene rings is 1. The second kappa shape index (κ2) is 5.91. The molecule has 0 aliphatic rings. The molecule has 0 fully saturated rings.